The number of nitrogens with one attached hydrogen (secondary N) is 2. The van der Waals surface area contributed by atoms with Crippen LogP contribution >= 0.6 is 11.6 Å². The molecule has 29 heavy (non-hydrogen) atoms. The summed E-state index contributed by atoms with van der Waals surface area (Å²) in [4.78, 5) is 33.2. The van der Waals surface area contributed by atoms with Gasteiger partial charge in [0.25, 0.3) is 5.56 Å². The molecule has 3 aromatic rings. The summed E-state index contributed by atoms with van der Waals surface area (Å²) in [5.74, 6) is -0.580. The van der Waals surface area contributed by atoms with Crippen LogP contribution in [0.15, 0.2) is 47.7 Å². The third-order valence-corrected chi connectivity index (χ3v) is 4.93. The second-order valence-electron chi connectivity index (χ2n) is 6.50. The van der Waals surface area contributed by atoms with Crippen molar-refractivity contribution in [3.8, 4) is 0 Å². The maximum absolute atomic E-state index is 13.4. The molecule has 0 saturated heterocycles. The molecular formula is C20H20ClFN4O3. The number of aliphatic hydroxyl groups excluding tert-OH is 1. The molecule has 0 spiro atoms. The molecule has 1 aromatic carbocycles. The van der Waals surface area contributed by atoms with Crippen molar-refractivity contribution < 1.29 is 14.3 Å². The zero-order valence-corrected chi connectivity index (χ0v) is 16.4. The molecular weight excluding hydrogens is 399 g/mol. The van der Waals surface area contributed by atoms with Gasteiger partial charge in [0.2, 0.25) is 0 Å². The second-order valence-corrected chi connectivity index (χ2v) is 6.91. The number of carbonyl (C=O) groups is 1. The Morgan fingerprint density at radius 1 is 1.38 bits per heavy atom. The quantitative estimate of drug-likeness (QED) is 0.568. The van der Waals surface area contributed by atoms with Gasteiger partial charge in [-0.3, -0.25) is 9.78 Å². The van der Waals surface area contributed by atoms with Crippen LogP contribution in [0.2, 0.25) is 5.02 Å². The van der Waals surface area contributed by atoms with E-state index in [9.17, 15) is 19.1 Å². The lowest BCUT2D eigenvalue weighted by atomic mass is 10.0. The maximum atomic E-state index is 13.4. The fourth-order valence-corrected chi connectivity index (χ4v) is 3.30. The number of anilines is 1. The molecule has 2 aromatic heterocycles. The summed E-state index contributed by atoms with van der Waals surface area (Å²) < 4.78 is 13.4. The molecule has 0 aliphatic heterocycles. The number of amides is 2. The number of rotatable bonds is 6. The lowest BCUT2D eigenvalue weighted by Gasteiger charge is -2.30. The Morgan fingerprint density at radius 2 is 2.17 bits per heavy atom. The number of hydrogen-bond acceptors (Lipinski definition) is 4. The van der Waals surface area contributed by atoms with Crippen LogP contribution in [0.1, 0.15) is 24.9 Å². The van der Waals surface area contributed by atoms with E-state index in [2.05, 4.69) is 15.3 Å². The average Bonchev–Trinajstić information content (AvgIpc) is 2.71. The first kappa shape index (κ1) is 20.8. The minimum absolute atomic E-state index is 0.0881. The lowest BCUT2D eigenvalue weighted by molar-refractivity contribution is 0.182. The summed E-state index contributed by atoms with van der Waals surface area (Å²) in [6.07, 6.45) is 4.99. The zero-order chi connectivity index (χ0) is 21.0. The van der Waals surface area contributed by atoms with E-state index in [0.717, 1.165) is 5.56 Å². The van der Waals surface area contributed by atoms with Gasteiger partial charge in [0.05, 0.1) is 16.5 Å². The molecule has 2 amide bonds. The zero-order valence-electron chi connectivity index (χ0n) is 15.7. The number of H-pyrrole nitrogens is 1. The first-order valence-electron chi connectivity index (χ1n) is 9.01. The van der Waals surface area contributed by atoms with Crippen molar-refractivity contribution in [1.82, 2.24) is 14.9 Å². The molecule has 152 valence electrons. The van der Waals surface area contributed by atoms with Crippen LogP contribution in [0.3, 0.4) is 0 Å². The molecule has 0 radical (unpaired) electrons. The highest BCUT2D eigenvalue weighted by atomic mass is 35.5. The van der Waals surface area contributed by atoms with Crippen molar-refractivity contribution in [2.24, 2.45) is 0 Å². The molecule has 0 fully saturated rings. The topological polar surface area (TPSA) is 98.3 Å². The van der Waals surface area contributed by atoms with E-state index in [1.165, 1.54) is 29.3 Å². The molecule has 7 nitrogen and oxygen atoms in total. The van der Waals surface area contributed by atoms with E-state index in [4.69, 9.17) is 11.6 Å². The van der Waals surface area contributed by atoms with Gasteiger partial charge in [-0.15, -0.1) is 0 Å². The van der Waals surface area contributed by atoms with Crippen LogP contribution in [-0.2, 0) is 0 Å². The third-order valence-electron chi connectivity index (χ3n) is 4.64. The smallest absolute Gasteiger partial charge is 0.322 e. The van der Waals surface area contributed by atoms with E-state index in [0.29, 0.717) is 22.9 Å². The molecule has 2 heterocycles. The summed E-state index contributed by atoms with van der Waals surface area (Å²) in [6, 6.07) is 4.75. The number of aromatic amines is 1. The number of benzene rings is 1. The largest absolute Gasteiger partial charge is 0.396 e. The number of pyridine rings is 2. The minimum atomic E-state index is -0.580. The third kappa shape index (κ3) is 4.55. The van der Waals surface area contributed by atoms with Crippen molar-refractivity contribution in [1.29, 1.82) is 0 Å². The molecule has 0 bridgehead atoms. The van der Waals surface area contributed by atoms with Gasteiger partial charge in [0, 0.05) is 37.4 Å². The first-order chi connectivity index (χ1) is 13.9. The number of halogens is 2. The first-order valence-corrected chi connectivity index (χ1v) is 9.39. The number of hydrogen-bond donors (Lipinski definition) is 3. The van der Waals surface area contributed by atoms with Crippen LogP contribution < -0.4 is 10.9 Å². The van der Waals surface area contributed by atoms with Crippen LogP contribution in [0.4, 0.5) is 14.9 Å². The minimum Gasteiger partial charge on any atom is -0.396 e. The Hall–Kier alpha value is -2.97. The summed E-state index contributed by atoms with van der Waals surface area (Å²) >= 11 is 5.79. The van der Waals surface area contributed by atoms with Gasteiger partial charge in [-0.2, -0.15) is 0 Å². The molecule has 0 aliphatic rings. The van der Waals surface area contributed by atoms with Crippen molar-refractivity contribution in [3.63, 3.8) is 0 Å². The van der Waals surface area contributed by atoms with E-state index >= 15 is 0 Å². The highest BCUT2D eigenvalue weighted by Gasteiger charge is 2.23. The highest BCUT2D eigenvalue weighted by Crippen LogP contribution is 2.27. The van der Waals surface area contributed by atoms with Gasteiger partial charge >= 0.3 is 6.03 Å². The van der Waals surface area contributed by atoms with Gasteiger partial charge in [-0.05, 0) is 48.6 Å². The monoisotopic (exact) mass is 418 g/mol. The van der Waals surface area contributed by atoms with Crippen LogP contribution in [-0.4, -0.2) is 39.2 Å². The lowest BCUT2D eigenvalue weighted by Crippen LogP contribution is -2.38. The Labute approximate surface area is 171 Å². The van der Waals surface area contributed by atoms with E-state index in [-0.39, 0.29) is 23.7 Å². The predicted molar refractivity (Wildman–Crippen MR) is 110 cm³/mol. The van der Waals surface area contributed by atoms with Crippen LogP contribution in [0, 0.1) is 5.82 Å². The fraction of sp³-hybridized carbons (Fsp3) is 0.250. The predicted octanol–water partition coefficient (Wildman–Crippen LogP) is 3.69. The number of nitrogens with zero attached hydrogens (tertiary/aromatic N) is 2. The normalized spacial score (nSPS) is 12.0. The Balaban J connectivity index is 1.93. The standard InChI is InChI=1S/C20H20ClFN4O3/c1-12(15-11-24-19(28)16-10-23-6-5-14(15)16)26(7-2-8-27)20(29)25-13-3-4-18(22)17(21)9-13/h3-6,9-12,27H,2,7-8H2,1H3,(H,24,28)(H,25,29)/t12-/m1/s1. The van der Waals surface area contributed by atoms with Crippen molar-refractivity contribution in [2.75, 3.05) is 18.5 Å². The molecule has 3 rings (SSSR count). The van der Waals surface area contributed by atoms with Gasteiger partial charge < -0.3 is 20.3 Å². The summed E-state index contributed by atoms with van der Waals surface area (Å²) in [6.45, 7) is 2.00. The van der Waals surface area contributed by atoms with Gasteiger partial charge in [0.15, 0.2) is 0 Å². The summed E-state index contributed by atoms with van der Waals surface area (Å²) in [5, 5.41) is 12.9. The number of fused-ring (bicyclic) bond motifs is 1. The molecule has 0 aliphatic carbocycles. The fourth-order valence-electron chi connectivity index (χ4n) is 3.12. The van der Waals surface area contributed by atoms with Crippen LogP contribution in [0.5, 0.6) is 0 Å². The van der Waals surface area contributed by atoms with E-state index in [1.807, 2.05) is 6.92 Å². The molecule has 0 unspecified atom stereocenters. The van der Waals surface area contributed by atoms with E-state index in [1.54, 1.807) is 18.5 Å². The molecule has 0 saturated carbocycles. The van der Waals surface area contributed by atoms with Gasteiger partial charge in [0.1, 0.15) is 5.82 Å². The van der Waals surface area contributed by atoms with Crippen molar-refractivity contribution in [2.45, 2.75) is 19.4 Å². The SMILES string of the molecule is C[C@H](c1c[nH]c(=O)c2cnccc12)N(CCCO)C(=O)Nc1ccc(F)c(Cl)c1. The Kier molecular flexibility index (Phi) is 6.46. The number of aromatic nitrogens is 2. The summed E-state index contributed by atoms with van der Waals surface area (Å²) in [7, 11) is 0. The maximum Gasteiger partial charge on any atom is 0.322 e. The van der Waals surface area contributed by atoms with Crippen molar-refractivity contribution >= 4 is 34.1 Å². The summed E-state index contributed by atoms with van der Waals surface area (Å²) in [5.41, 5.74) is 0.807. The second kappa shape index (κ2) is 9.02. The average molecular weight is 419 g/mol. The van der Waals surface area contributed by atoms with Gasteiger partial charge in [-0.25, -0.2) is 9.18 Å². The van der Waals surface area contributed by atoms with Gasteiger partial charge in [-0.1, -0.05) is 11.6 Å². The molecule has 3 N–H and O–H groups in total. The highest BCUT2D eigenvalue weighted by molar-refractivity contribution is 6.31. The Bertz CT molecular complexity index is 1090. The number of carbonyl (C=O) groups excluding carboxylic acids is 1. The molecule has 1 atom stereocenters. The Morgan fingerprint density at radius 3 is 2.90 bits per heavy atom. The van der Waals surface area contributed by atoms with Crippen molar-refractivity contribution in [3.05, 3.63) is 69.6 Å². The number of aliphatic hydroxyl groups is 1. The number of urea groups is 1. The van der Waals surface area contributed by atoms with Crippen LogP contribution in [0.25, 0.3) is 10.8 Å². The molecule has 9 heteroatoms. The van der Waals surface area contributed by atoms with E-state index < -0.39 is 17.9 Å².